The molecule has 3 fully saturated rings. The molecule has 0 radical (unpaired) electrons. The van der Waals surface area contributed by atoms with Gasteiger partial charge in [0.1, 0.15) is 0 Å². The number of morpholine rings is 1. The summed E-state index contributed by atoms with van der Waals surface area (Å²) in [7, 11) is 0. The molecular formula is C18H25N3O2. The summed E-state index contributed by atoms with van der Waals surface area (Å²) in [5.74, 6) is 0.992. The molecule has 0 bridgehead atoms. The Hall–Kier alpha value is -1.46. The molecule has 23 heavy (non-hydrogen) atoms. The molecule has 124 valence electrons. The summed E-state index contributed by atoms with van der Waals surface area (Å²) in [6, 6.07) is 2.27. The predicted octanol–water partition coefficient (Wildman–Crippen LogP) is 1.72. The summed E-state index contributed by atoms with van der Waals surface area (Å²) in [4.78, 5) is 21.6. The van der Waals surface area contributed by atoms with Crippen molar-refractivity contribution < 1.29 is 9.53 Å². The molecule has 2 atom stereocenters. The minimum atomic E-state index is 0.117. The van der Waals surface area contributed by atoms with Crippen LogP contribution in [0, 0.1) is 12.8 Å². The lowest BCUT2D eigenvalue weighted by Crippen LogP contribution is -2.61. The van der Waals surface area contributed by atoms with Crippen LogP contribution >= 0.6 is 0 Å². The molecule has 0 aromatic carbocycles. The van der Waals surface area contributed by atoms with Crippen LogP contribution in [0.3, 0.4) is 0 Å². The lowest BCUT2D eigenvalue weighted by atomic mass is 9.97. The molecule has 5 nitrogen and oxygen atoms in total. The van der Waals surface area contributed by atoms with Gasteiger partial charge in [-0.15, -0.1) is 0 Å². The van der Waals surface area contributed by atoms with E-state index in [4.69, 9.17) is 4.74 Å². The number of likely N-dealkylation sites (tertiary alicyclic amines) is 1. The number of nitrogens with zero attached hydrogens (tertiary/aromatic N) is 3. The summed E-state index contributed by atoms with van der Waals surface area (Å²) in [6.07, 6.45) is 7.41. The maximum atomic E-state index is 12.9. The van der Waals surface area contributed by atoms with Crippen molar-refractivity contribution in [2.24, 2.45) is 5.92 Å². The van der Waals surface area contributed by atoms with Gasteiger partial charge in [0.2, 0.25) is 0 Å². The molecule has 2 aliphatic heterocycles. The molecule has 3 aliphatic rings. The van der Waals surface area contributed by atoms with Crippen molar-refractivity contribution in [2.45, 2.75) is 38.3 Å². The van der Waals surface area contributed by atoms with Crippen molar-refractivity contribution >= 4 is 5.91 Å². The van der Waals surface area contributed by atoms with Gasteiger partial charge < -0.3 is 9.64 Å². The summed E-state index contributed by atoms with van der Waals surface area (Å²) in [5, 5.41) is 0. The van der Waals surface area contributed by atoms with Crippen LogP contribution in [0.2, 0.25) is 0 Å². The number of hydrogen-bond donors (Lipinski definition) is 0. The van der Waals surface area contributed by atoms with Crippen molar-refractivity contribution in [2.75, 3.05) is 32.8 Å². The third kappa shape index (κ3) is 3.12. The van der Waals surface area contributed by atoms with E-state index in [0.717, 1.165) is 49.7 Å². The van der Waals surface area contributed by atoms with Crippen molar-refractivity contribution in [3.63, 3.8) is 0 Å². The molecule has 1 aromatic rings. The van der Waals surface area contributed by atoms with Crippen LogP contribution in [0.4, 0.5) is 0 Å². The second-order valence-electron chi connectivity index (χ2n) is 7.15. The van der Waals surface area contributed by atoms with Crippen LogP contribution in [-0.2, 0) is 4.74 Å². The fraction of sp³-hybridized carbons (Fsp3) is 0.667. The van der Waals surface area contributed by atoms with E-state index in [1.165, 1.54) is 19.4 Å². The van der Waals surface area contributed by atoms with Gasteiger partial charge in [0, 0.05) is 38.6 Å². The van der Waals surface area contributed by atoms with Crippen LogP contribution < -0.4 is 0 Å². The third-order valence-corrected chi connectivity index (χ3v) is 5.45. The highest BCUT2D eigenvalue weighted by Crippen LogP contribution is 2.33. The highest BCUT2D eigenvalue weighted by molar-refractivity contribution is 5.95. The predicted molar refractivity (Wildman–Crippen MR) is 87.3 cm³/mol. The Labute approximate surface area is 137 Å². The zero-order valence-electron chi connectivity index (χ0n) is 13.8. The third-order valence-electron chi connectivity index (χ3n) is 5.45. The van der Waals surface area contributed by atoms with Gasteiger partial charge in [-0.2, -0.15) is 0 Å². The molecule has 0 unspecified atom stereocenters. The second kappa shape index (κ2) is 6.21. The number of rotatable bonds is 3. The van der Waals surface area contributed by atoms with E-state index in [1.54, 1.807) is 12.4 Å². The average Bonchev–Trinajstić information content (AvgIpc) is 3.39. The van der Waals surface area contributed by atoms with Gasteiger partial charge in [0.15, 0.2) is 0 Å². The van der Waals surface area contributed by atoms with E-state index in [-0.39, 0.29) is 5.91 Å². The van der Waals surface area contributed by atoms with Gasteiger partial charge >= 0.3 is 0 Å². The van der Waals surface area contributed by atoms with Gasteiger partial charge in [-0.1, -0.05) is 0 Å². The monoisotopic (exact) mass is 315 g/mol. The van der Waals surface area contributed by atoms with Gasteiger partial charge in [0.25, 0.3) is 5.91 Å². The number of piperidine rings is 1. The Balaban J connectivity index is 1.48. The molecule has 0 spiro atoms. The van der Waals surface area contributed by atoms with Crippen molar-refractivity contribution in [3.05, 3.63) is 29.6 Å². The van der Waals surface area contributed by atoms with Gasteiger partial charge in [-0.25, -0.2) is 0 Å². The number of ether oxygens (including phenoxy) is 1. The smallest absolute Gasteiger partial charge is 0.255 e. The molecule has 3 heterocycles. The topological polar surface area (TPSA) is 45.7 Å². The van der Waals surface area contributed by atoms with Gasteiger partial charge in [-0.3, -0.25) is 14.7 Å². The minimum absolute atomic E-state index is 0.117. The van der Waals surface area contributed by atoms with Crippen LogP contribution in [-0.4, -0.2) is 65.6 Å². The fourth-order valence-corrected chi connectivity index (χ4v) is 3.84. The number of pyridine rings is 1. The van der Waals surface area contributed by atoms with E-state index in [0.29, 0.717) is 12.1 Å². The number of amides is 1. The Morgan fingerprint density at radius 2 is 2.22 bits per heavy atom. The van der Waals surface area contributed by atoms with Crippen molar-refractivity contribution in [3.8, 4) is 0 Å². The fourth-order valence-electron chi connectivity index (χ4n) is 3.84. The van der Waals surface area contributed by atoms with Crippen molar-refractivity contribution in [1.29, 1.82) is 0 Å². The lowest BCUT2D eigenvalue weighted by Gasteiger charge is -2.47. The Morgan fingerprint density at radius 3 is 3.00 bits per heavy atom. The number of fused-ring (bicyclic) bond motifs is 1. The molecule has 1 aromatic heterocycles. The first-order valence-corrected chi connectivity index (χ1v) is 8.78. The number of carbonyl (C=O) groups excluding carboxylic acids is 1. The van der Waals surface area contributed by atoms with E-state index in [1.807, 2.05) is 17.9 Å². The molecule has 4 rings (SSSR count). The lowest BCUT2D eigenvalue weighted by molar-refractivity contribution is -0.0989. The first-order chi connectivity index (χ1) is 11.2. The summed E-state index contributed by atoms with van der Waals surface area (Å²) in [5.41, 5.74) is 1.73. The zero-order chi connectivity index (χ0) is 15.8. The van der Waals surface area contributed by atoms with E-state index in [2.05, 4.69) is 9.88 Å². The normalized spacial score (nSPS) is 28.5. The molecule has 1 saturated carbocycles. The maximum absolute atomic E-state index is 12.9. The molecule has 1 amide bonds. The standard InChI is InChI=1S/C18H25N3O2/c1-13-4-6-19-10-15(13)18(22)21-7-5-17-16(12-21)20(8-9-23-17)11-14-2-3-14/h4,6,10,14,16-17H,2-3,5,7-9,11-12H2,1H3/t16-,17-/m0/s1. The first kappa shape index (κ1) is 15.1. The van der Waals surface area contributed by atoms with Crippen molar-refractivity contribution in [1.82, 2.24) is 14.8 Å². The highest BCUT2D eigenvalue weighted by atomic mass is 16.5. The van der Waals surface area contributed by atoms with E-state index in [9.17, 15) is 4.79 Å². The molecule has 1 aliphatic carbocycles. The summed E-state index contributed by atoms with van der Waals surface area (Å²) in [6.45, 7) is 6.56. The first-order valence-electron chi connectivity index (χ1n) is 8.78. The summed E-state index contributed by atoms with van der Waals surface area (Å²) < 4.78 is 5.98. The number of carbonyl (C=O) groups is 1. The molecular weight excluding hydrogens is 290 g/mol. The molecule has 0 N–H and O–H groups in total. The zero-order valence-corrected chi connectivity index (χ0v) is 13.8. The van der Waals surface area contributed by atoms with Gasteiger partial charge in [0.05, 0.1) is 24.3 Å². The van der Waals surface area contributed by atoms with Crippen LogP contribution in [0.15, 0.2) is 18.5 Å². The van der Waals surface area contributed by atoms with Gasteiger partial charge in [-0.05, 0) is 43.7 Å². The SMILES string of the molecule is Cc1ccncc1C(=O)N1CC[C@@H]2OCCN(CC3CC3)[C@H]2C1. The highest BCUT2D eigenvalue weighted by Gasteiger charge is 2.40. The van der Waals surface area contributed by atoms with Crippen LogP contribution in [0.1, 0.15) is 35.2 Å². The van der Waals surface area contributed by atoms with E-state index >= 15 is 0 Å². The van der Waals surface area contributed by atoms with Crippen LogP contribution in [0.5, 0.6) is 0 Å². The number of hydrogen-bond acceptors (Lipinski definition) is 4. The van der Waals surface area contributed by atoms with E-state index < -0.39 is 0 Å². The quantitative estimate of drug-likeness (QED) is 0.852. The summed E-state index contributed by atoms with van der Waals surface area (Å²) >= 11 is 0. The average molecular weight is 315 g/mol. The largest absolute Gasteiger partial charge is 0.375 e. The number of aryl methyl sites for hydroxylation is 1. The Morgan fingerprint density at radius 1 is 1.35 bits per heavy atom. The molecule has 2 saturated heterocycles. The second-order valence-corrected chi connectivity index (χ2v) is 7.15. The molecule has 5 heteroatoms. The maximum Gasteiger partial charge on any atom is 0.255 e. The van der Waals surface area contributed by atoms with Crippen LogP contribution in [0.25, 0.3) is 0 Å². The number of aromatic nitrogens is 1. The Bertz CT molecular complexity index is 587. The minimum Gasteiger partial charge on any atom is -0.375 e. The Kier molecular flexibility index (Phi) is 4.07.